The van der Waals surface area contributed by atoms with Crippen molar-refractivity contribution in [3.63, 3.8) is 0 Å². The Morgan fingerprint density at radius 2 is 2.23 bits per heavy atom. The molecule has 0 bridgehead atoms. The van der Waals surface area contributed by atoms with Gasteiger partial charge in [-0.15, -0.1) is 11.3 Å². The summed E-state index contributed by atoms with van der Waals surface area (Å²) in [5.41, 5.74) is 2.18. The molecule has 0 radical (unpaired) electrons. The maximum Gasteiger partial charge on any atom is 0.223 e. The fourth-order valence-electron chi connectivity index (χ4n) is 3.65. The van der Waals surface area contributed by atoms with E-state index in [1.165, 1.54) is 4.88 Å². The number of carbonyl (C=O) groups excluding carboxylic acids is 1. The van der Waals surface area contributed by atoms with Crippen LogP contribution in [0.5, 0.6) is 0 Å². The number of hydrogen-bond donors (Lipinski definition) is 1. The summed E-state index contributed by atoms with van der Waals surface area (Å²) in [5.74, 6) is 0.408. The van der Waals surface area contributed by atoms with Gasteiger partial charge in [0.1, 0.15) is 0 Å². The second-order valence-electron chi connectivity index (χ2n) is 6.81. The highest BCUT2D eigenvalue weighted by molar-refractivity contribution is 7.11. The second-order valence-corrected chi connectivity index (χ2v) is 8.10. The van der Waals surface area contributed by atoms with Crippen LogP contribution in [0.3, 0.4) is 0 Å². The Labute approximate surface area is 158 Å². The molecule has 1 saturated heterocycles. The summed E-state index contributed by atoms with van der Waals surface area (Å²) in [6.45, 7) is 6.80. The van der Waals surface area contributed by atoms with E-state index < -0.39 is 0 Å². The van der Waals surface area contributed by atoms with Crippen molar-refractivity contribution in [2.45, 2.75) is 32.9 Å². The van der Waals surface area contributed by atoms with Crippen molar-refractivity contribution in [2.75, 3.05) is 26.8 Å². The first-order chi connectivity index (χ1) is 12.5. The molecule has 0 unspecified atom stereocenters. The molecular formula is C18H27N5O2S. The molecule has 1 aliphatic rings. The smallest absolute Gasteiger partial charge is 0.223 e. The Morgan fingerprint density at radius 1 is 1.42 bits per heavy atom. The number of ether oxygens (including phenoxy) is 1. The van der Waals surface area contributed by atoms with E-state index in [0.29, 0.717) is 19.6 Å². The molecule has 3 heterocycles. The molecule has 2 aromatic heterocycles. The van der Waals surface area contributed by atoms with Crippen molar-refractivity contribution in [3.05, 3.63) is 33.5 Å². The minimum atomic E-state index is 0.0446. The molecule has 7 nitrogen and oxygen atoms in total. The molecule has 2 atom stereocenters. The van der Waals surface area contributed by atoms with Crippen LogP contribution in [0, 0.1) is 19.8 Å². The molecule has 1 N–H and O–H groups in total. The highest BCUT2D eigenvalue weighted by Gasteiger charge is 2.40. The van der Waals surface area contributed by atoms with Crippen molar-refractivity contribution < 1.29 is 9.53 Å². The summed E-state index contributed by atoms with van der Waals surface area (Å²) in [6.07, 6.45) is 4.43. The number of carbonyl (C=O) groups is 1. The van der Waals surface area contributed by atoms with Crippen LogP contribution in [0.2, 0.25) is 0 Å². The number of nitrogens with zero attached hydrogens (tertiary/aromatic N) is 4. The summed E-state index contributed by atoms with van der Waals surface area (Å²) in [5, 5.41) is 8.92. The Bertz CT molecular complexity index is 757. The maximum atomic E-state index is 12.6. The molecule has 0 saturated carbocycles. The van der Waals surface area contributed by atoms with Crippen LogP contribution in [-0.4, -0.2) is 52.4 Å². The Balaban J connectivity index is 1.69. The third-order valence-electron chi connectivity index (χ3n) is 4.83. The van der Waals surface area contributed by atoms with Gasteiger partial charge in [0, 0.05) is 62.8 Å². The van der Waals surface area contributed by atoms with Gasteiger partial charge in [-0.3, -0.25) is 9.48 Å². The molecule has 1 amide bonds. The van der Waals surface area contributed by atoms with Crippen molar-refractivity contribution in [3.8, 4) is 0 Å². The molecule has 2 aromatic rings. The summed E-state index contributed by atoms with van der Waals surface area (Å²) in [7, 11) is 3.57. The number of aryl methyl sites for hydroxylation is 3. The fraction of sp³-hybridized carbons (Fsp3) is 0.611. The first kappa shape index (κ1) is 19.0. The van der Waals surface area contributed by atoms with Gasteiger partial charge in [0.2, 0.25) is 5.91 Å². The van der Waals surface area contributed by atoms with Gasteiger partial charge in [0.05, 0.1) is 29.5 Å². The average molecular weight is 378 g/mol. The van der Waals surface area contributed by atoms with Gasteiger partial charge in [-0.2, -0.15) is 5.10 Å². The van der Waals surface area contributed by atoms with Gasteiger partial charge in [0.25, 0.3) is 0 Å². The van der Waals surface area contributed by atoms with Gasteiger partial charge in [-0.05, 0) is 13.8 Å². The zero-order valence-corrected chi connectivity index (χ0v) is 16.7. The Kier molecular flexibility index (Phi) is 6.05. The van der Waals surface area contributed by atoms with Gasteiger partial charge >= 0.3 is 0 Å². The standard InChI is InChI=1S/C18H27N5O2S/c1-12-16(26-13(2)21-12)10-19-8-14-7-17(24)23(5-6-25-4)18(14)15-9-20-22(3)11-15/h9,11,14,18-19H,5-8,10H2,1-4H3/t14-,18+/m0/s1. The average Bonchev–Trinajstić information content (AvgIpc) is 3.24. The highest BCUT2D eigenvalue weighted by Crippen LogP contribution is 2.37. The van der Waals surface area contributed by atoms with E-state index >= 15 is 0 Å². The molecule has 0 aromatic carbocycles. The van der Waals surface area contributed by atoms with Gasteiger partial charge in [-0.1, -0.05) is 0 Å². The van der Waals surface area contributed by atoms with E-state index in [4.69, 9.17) is 4.74 Å². The summed E-state index contributed by atoms with van der Waals surface area (Å²) < 4.78 is 6.99. The van der Waals surface area contributed by atoms with E-state index in [-0.39, 0.29) is 17.9 Å². The topological polar surface area (TPSA) is 72.3 Å². The number of methoxy groups -OCH3 is 1. The first-order valence-corrected chi connectivity index (χ1v) is 9.71. The second kappa shape index (κ2) is 8.28. The summed E-state index contributed by atoms with van der Waals surface area (Å²) in [6, 6.07) is 0.0446. The third-order valence-corrected chi connectivity index (χ3v) is 5.91. The van der Waals surface area contributed by atoms with E-state index in [2.05, 4.69) is 15.4 Å². The molecule has 1 fully saturated rings. The van der Waals surface area contributed by atoms with Gasteiger partial charge < -0.3 is 15.0 Å². The molecule has 0 spiro atoms. The number of hydrogen-bond acceptors (Lipinski definition) is 6. The predicted octanol–water partition coefficient (Wildman–Crippen LogP) is 1.82. The van der Waals surface area contributed by atoms with Crippen LogP contribution in [-0.2, 0) is 23.1 Å². The van der Waals surface area contributed by atoms with Gasteiger partial charge in [0.15, 0.2) is 0 Å². The van der Waals surface area contributed by atoms with Crippen LogP contribution in [0.1, 0.15) is 33.6 Å². The maximum absolute atomic E-state index is 12.6. The first-order valence-electron chi connectivity index (χ1n) is 8.90. The number of aromatic nitrogens is 3. The van der Waals surface area contributed by atoms with Crippen molar-refractivity contribution >= 4 is 17.2 Å². The van der Waals surface area contributed by atoms with E-state index in [1.54, 1.807) is 23.1 Å². The number of thiazole rings is 1. The third kappa shape index (κ3) is 4.13. The highest BCUT2D eigenvalue weighted by atomic mass is 32.1. The van der Waals surface area contributed by atoms with Crippen LogP contribution >= 0.6 is 11.3 Å². The number of nitrogens with one attached hydrogen (secondary N) is 1. The number of rotatable bonds is 8. The van der Waals surface area contributed by atoms with Crippen LogP contribution in [0.25, 0.3) is 0 Å². The zero-order chi connectivity index (χ0) is 18.7. The predicted molar refractivity (Wildman–Crippen MR) is 101 cm³/mol. The number of likely N-dealkylation sites (tertiary alicyclic amines) is 1. The van der Waals surface area contributed by atoms with E-state index in [1.807, 2.05) is 38.2 Å². The van der Waals surface area contributed by atoms with Crippen molar-refractivity contribution in [1.29, 1.82) is 0 Å². The fourth-order valence-corrected chi connectivity index (χ4v) is 4.56. The van der Waals surface area contributed by atoms with Crippen LogP contribution in [0.4, 0.5) is 0 Å². The van der Waals surface area contributed by atoms with Crippen LogP contribution in [0.15, 0.2) is 12.4 Å². The molecule has 3 rings (SSSR count). The molecule has 142 valence electrons. The molecule has 8 heteroatoms. The molecule has 26 heavy (non-hydrogen) atoms. The summed E-state index contributed by atoms with van der Waals surface area (Å²) in [4.78, 5) is 20.3. The normalized spacial score (nSPS) is 20.3. The lowest BCUT2D eigenvalue weighted by molar-refractivity contribution is -0.129. The minimum absolute atomic E-state index is 0.0446. The molecule has 1 aliphatic heterocycles. The monoisotopic (exact) mass is 377 g/mol. The van der Waals surface area contributed by atoms with Crippen molar-refractivity contribution in [1.82, 2.24) is 25.0 Å². The largest absolute Gasteiger partial charge is 0.383 e. The SMILES string of the molecule is COCCN1C(=O)C[C@@H](CNCc2sc(C)nc2C)[C@@H]1c1cnn(C)c1. The quantitative estimate of drug-likeness (QED) is 0.760. The van der Waals surface area contributed by atoms with Gasteiger partial charge in [-0.25, -0.2) is 4.98 Å². The molecular weight excluding hydrogens is 350 g/mol. The number of amides is 1. The van der Waals surface area contributed by atoms with E-state index in [0.717, 1.165) is 29.4 Å². The van der Waals surface area contributed by atoms with E-state index in [9.17, 15) is 4.79 Å². The zero-order valence-electron chi connectivity index (χ0n) is 15.9. The minimum Gasteiger partial charge on any atom is -0.383 e. The lowest BCUT2D eigenvalue weighted by atomic mass is 9.95. The molecule has 0 aliphatic carbocycles. The lowest BCUT2D eigenvalue weighted by Crippen LogP contribution is -2.33. The summed E-state index contributed by atoms with van der Waals surface area (Å²) >= 11 is 1.73. The Hall–Kier alpha value is -1.77. The lowest BCUT2D eigenvalue weighted by Gasteiger charge is -2.27. The van der Waals surface area contributed by atoms with Crippen molar-refractivity contribution in [2.24, 2.45) is 13.0 Å². The Morgan fingerprint density at radius 3 is 2.85 bits per heavy atom. The van der Waals surface area contributed by atoms with Crippen LogP contribution < -0.4 is 5.32 Å².